The summed E-state index contributed by atoms with van der Waals surface area (Å²) in [5, 5.41) is 4.17. The van der Waals surface area contributed by atoms with Crippen molar-refractivity contribution in [3.8, 4) is 0 Å². The van der Waals surface area contributed by atoms with Crippen LogP contribution in [0, 0.1) is 13.8 Å². The first-order valence-electron chi connectivity index (χ1n) is 12.7. The molecule has 2 aromatic heterocycles. The molecule has 7 heteroatoms. The Balaban J connectivity index is 1.28. The van der Waals surface area contributed by atoms with Crippen LogP contribution >= 0.6 is 0 Å². The number of benzene rings is 2. The van der Waals surface area contributed by atoms with Gasteiger partial charge in [-0.2, -0.15) is 0 Å². The maximum absolute atomic E-state index is 12.6. The van der Waals surface area contributed by atoms with Crippen LogP contribution in [0.15, 0.2) is 59.3 Å². The van der Waals surface area contributed by atoms with Gasteiger partial charge in [-0.05, 0) is 55.9 Å². The van der Waals surface area contributed by atoms with E-state index in [9.17, 15) is 4.79 Å². The second-order valence-corrected chi connectivity index (χ2v) is 9.72. The largest absolute Gasteiger partial charge is 0.447 e. The second-order valence-electron chi connectivity index (χ2n) is 9.72. The van der Waals surface area contributed by atoms with E-state index in [1.54, 1.807) is 0 Å². The van der Waals surface area contributed by atoms with E-state index in [0.29, 0.717) is 24.7 Å². The molecular formula is C29H34N4O3. The number of H-pyrrole nitrogens is 1. The number of carbonyl (C=O) groups is 1. The van der Waals surface area contributed by atoms with Gasteiger partial charge in [0.2, 0.25) is 5.89 Å². The summed E-state index contributed by atoms with van der Waals surface area (Å²) in [5.74, 6) is 0.321. The lowest BCUT2D eigenvalue weighted by Crippen LogP contribution is -2.32. The summed E-state index contributed by atoms with van der Waals surface area (Å²) in [6, 6.07) is 15.0. The Morgan fingerprint density at radius 1 is 1.17 bits per heavy atom. The zero-order valence-electron chi connectivity index (χ0n) is 21.0. The molecule has 0 bridgehead atoms. The van der Waals surface area contributed by atoms with Gasteiger partial charge in [0.05, 0.1) is 12.6 Å². The summed E-state index contributed by atoms with van der Waals surface area (Å²) in [5.41, 5.74) is 6.56. The van der Waals surface area contributed by atoms with Crippen LogP contribution in [-0.2, 0) is 24.2 Å². The fourth-order valence-corrected chi connectivity index (χ4v) is 4.88. The molecule has 1 aliphatic heterocycles. The highest BCUT2D eigenvalue weighted by molar-refractivity contribution is 5.91. The summed E-state index contributed by atoms with van der Waals surface area (Å²) >= 11 is 0. The maximum atomic E-state index is 12.6. The number of hydrogen-bond donors (Lipinski definition) is 2. The molecule has 1 amide bonds. The molecule has 0 saturated carbocycles. The number of rotatable bonds is 10. The number of aromatic amines is 1. The minimum absolute atomic E-state index is 0.0954. The molecule has 0 unspecified atom stereocenters. The van der Waals surface area contributed by atoms with Crippen LogP contribution in [0.4, 0.5) is 0 Å². The first-order valence-corrected chi connectivity index (χ1v) is 12.7. The Morgan fingerprint density at radius 3 is 2.89 bits per heavy atom. The van der Waals surface area contributed by atoms with Gasteiger partial charge in [-0.15, -0.1) is 0 Å². The molecule has 7 nitrogen and oxygen atoms in total. The van der Waals surface area contributed by atoms with E-state index in [0.717, 1.165) is 44.5 Å². The molecule has 0 aliphatic carbocycles. The van der Waals surface area contributed by atoms with Gasteiger partial charge in [-0.3, -0.25) is 9.69 Å². The Morgan fingerprint density at radius 2 is 2.06 bits per heavy atom. The minimum atomic E-state index is -0.222. The number of ether oxygens (including phenoxy) is 1. The summed E-state index contributed by atoms with van der Waals surface area (Å²) in [6.07, 6.45) is 6.57. The van der Waals surface area contributed by atoms with Crippen molar-refractivity contribution in [1.82, 2.24) is 20.2 Å². The summed E-state index contributed by atoms with van der Waals surface area (Å²) in [6.45, 7) is 7.67. The van der Waals surface area contributed by atoms with Gasteiger partial charge in [-0.25, -0.2) is 4.98 Å². The molecule has 5 rings (SSSR count). The number of carbonyl (C=O) groups excluding carboxylic acids is 1. The van der Waals surface area contributed by atoms with E-state index in [4.69, 9.17) is 9.15 Å². The number of para-hydroxylation sites is 1. The van der Waals surface area contributed by atoms with Crippen molar-refractivity contribution in [3.63, 3.8) is 0 Å². The van der Waals surface area contributed by atoms with E-state index >= 15 is 0 Å². The van der Waals surface area contributed by atoms with Crippen LogP contribution in [0.25, 0.3) is 10.9 Å². The highest BCUT2D eigenvalue weighted by Gasteiger charge is 2.19. The average molecular weight is 487 g/mol. The summed E-state index contributed by atoms with van der Waals surface area (Å²) in [4.78, 5) is 22.8. The molecule has 4 aromatic rings. The number of fused-ring (bicyclic) bond motifs is 1. The van der Waals surface area contributed by atoms with Crippen molar-refractivity contribution >= 4 is 16.8 Å². The number of amides is 1. The van der Waals surface area contributed by atoms with E-state index in [2.05, 4.69) is 76.6 Å². The molecule has 2 N–H and O–H groups in total. The van der Waals surface area contributed by atoms with Gasteiger partial charge in [0.15, 0.2) is 5.69 Å². The number of oxazole rings is 1. The van der Waals surface area contributed by atoms with Crippen LogP contribution in [-0.4, -0.2) is 46.6 Å². The zero-order chi connectivity index (χ0) is 24.9. The predicted octanol–water partition coefficient (Wildman–Crippen LogP) is 4.93. The van der Waals surface area contributed by atoms with Crippen LogP contribution in [0.1, 0.15) is 51.5 Å². The van der Waals surface area contributed by atoms with Crippen LogP contribution in [0.2, 0.25) is 0 Å². The molecule has 188 valence electrons. The quantitative estimate of drug-likeness (QED) is 0.332. The van der Waals surface area contributed by atoms with Crippen molar-refractivity contribution in [1.29, 1.82) is 0 Å². The standard InChI is InChI=1S/C29H34N4O3/c1-20-9-10-23(21(2)14-20)17-33(12-11-22-15-30-26-8-4-3-7-25(22)26)18-28-32-27(19-36-28)29(34)31-16-24-6-5-13-35-24/h3-4,7-10,14-15,19,24,30H,5-6,11-13,16-18H2,1-2H3,(H,31,34)/t24-/m0/s1. The number of nitrogens with zero attached hydrogens (tertiary/aromatic N) is 2. The molecule has 3 heterocycles. The SMILES string of the molecule is Cc1ccc(CN(CCc2c[nH]c3ccccc23)Cc2nc(C(=O)NC[C@@H]3CCCO3)co2)c(C)c1. The highest BCUT2D eigenvalue weighted by Crippen LogP contribution is 2.20. The normalized spacial score (nSPS) is 15.7. The Kier molecular flexibility index (Phi) is 7.49. The van der Waals surface area contributed by atoms with Gasteiger partial charge >= 0.3 is 0 Å². The predicted molar refractivity (Wildman–Crippen MR) is 140 cm³/mol. The van der Waals surface area contributed by atoms with Crippen molar-refractivity contribution in [3.05, 3.63) is 88.8 Å². The molecule has 2 aromatic carbocycles. The summed E-state index contributed by atoms with van der Waals surface area (Å²) < 4.78 is 11.3. The fourth-order valence-electron chi connectivity index (χ4n) is 4.88. The zero-order valence-corrected chi connectivity index (χ0v) is 21.0. The van der Waals surface area contributed by atoms with Gasteiger partial charge < -0.3 is 19.5 Å². The molecule has 36 heavy (non-hydrogen) atoms. The van der Waals surface area contributed by atoms with E-state index in [1.807, 2.05) is 6.07 Å². The van der Waals surface area contributed by atoms with E-state index in [-0.39, 0.29) is 12.0 Å². The summed E-state index contributed by atoms with van der Waals surface area (Å²) in [7, 11) is 0. The second kappa shape index (κ2) is 11.1. The van der Waals surface area contributed by atoms with Crippen LogP contribution < -0.4 is 5.32 Å². The third-order valence-corrected chi connectivity index (χ3v) is 6.92. The van der Waals surface area contributed by atoms with Gasteiger partial charge in [0.25, 0.3) is 5.91 Å². The molecule has 1 saturated heterocycles. The molecular weight excluding hydrogens is 452 g/mol. The van der Waals surface area contributed by atoms with Crippen molar-refractivity contribution < 1.29 is 13.9 Å². The first kappa shape index (κ1) is 24.3. The van der Waals surface area contributed by atoms with Crippen LogP contribution in [0.3, 0.4) is 0 Å². The average Bonchev–Trinajstić information content (AvgIpc) is 3.64. The molecule has 0 radical (unpaired) electrons. The third-order valence-electron chi connectivity index (χ3n) is 6.92. The van der Waals surface area contributed by atoms with Crippen molar-refractivity contribution in [2.75, 3.05) is 19.7 Å². The highest BCUT2D eigenvalue weighted by atomic mass is 16.5. The Bertz CT molecular complexity index is 1320. The van der Waals surface area contributed by atoms with E-state index in [1.165, 1.54) is 33.9 Å². The fraction of sp³-hybridized carbons (Fsp3) is 0.379. The first-order chi connectivity index (χ1) is 17.5. The third kappa shape index (κ3) is 5.86. The Hall–Kier alpha value is -3.42. The number of hydrogen-bond acceptors (Lipinski definition) is 5. The monoisotopic (exact) mass is 486 g/mol. The maximum Gasteiger partial charge on any atom is 0.273 e. The lowest BCUT2D eigenvalue weighted by molar-refractivity contribution is 0.0853. The lowest BCUT2D eigenvalue weighted by atomic mass is 10.0. The van der Waals surface area contributed by atoms with Gasteiger partial charge in [0.1, 0.15) is 6.26 Å². The lowest BCUT2D eigenvalue weighted by Gasteiger charge is -2.22. The molecule has 1 aliphatic rings. The topological polar surface area (TPSA) is 83.4 Å². The molecule has 1 atom stereocenters. The molecule has 1 fully saturated rings. The van der Waals surface area contributed by atoms with Crippen molar-refractivity contribution in [2.24, 2.45) is 0 Å². The number of aromatic nitrogens is 2. The number of aryl methyl sites for hydroxylation is 2. The smallest absolute Gasteiger partial charge is 0.273 e. The Labute approximate surface area is 211 Å². The van der Waals surface area contributed by atoms with Gasteiger partial charge in [0, 0.05) is 43.3 Å². The number of nitrogens with one attached hydrogen (secondary N) is 2. The minimum Gasteiger partial charge on any atom is -0.447 e. The van der Waals surface area contributed by atoms with Crippen LogP contribution in [0.5, 0.6) is 0 Å². The van der Waals surface area contributed by atoms with Gasteiger partial charge in [-0.1, -0.05) is 42.0 Å². The van der Waals surface area contributed by atoms with E-state index < -0.39 is 0 Å². The van der Waals surface area contributed by atoms with Crippen molar-refractivity contribution in [2.45, 2.75) is 52.3 Å². The molecule has 0 spiro atoms.